The third kappa shape index (κ3) is 8.16. The van der Waals surface area contributed by atoms with Gasteiger partial charge in [-0.3, -0.25) is 19.3 Å². The molecular weight excluding hydrogens is 452 g/mol. The molecule has 32 heavy (non-hydrogen) atoms. The van der Waals surface area contributed by atoms with Crippen molar-refractivity contribution < 1.29 is 29.3 Å². The predicted molar refractivity (Wildman–Crippen MR) is 128 cm³/mol. The molecule has 0 unspecified atom stereocenters. The second-order valence-corrected chi connectivity index (χ2v) is 8.83. The number of nitrogens with zero attached hydrogens (tertiary/aromatic N) is 1. The highest BCUT2D eigenvalue weighted by atomic mass is 32.2. The quantitative estimate of drug-likeness (QED) is 0.223. The smallest absolute Gasteiger partial charge is 0.303 e. The largest absolute Gasteiger partial charge is 0.504 e. The van der Waals surface area contributed by atoms with Gasteiger partial charge in [0.15, 0.2) is 11.5 Å². The van der Waals surface area contributed by atoms with Crippen LogP contribution < -0.4 is 10.1 Å². The maximum atomic E-state index is 12.7. The molecule has 1 aliphatic rings. The minimum Gasteiger partial charge on any atom is -0.504 e. The zero-order valence-corrected chi connectivity index (χ0v) is 19.6. The molecule has 0 aromatic heterocycles. The van der Waals surface area contributed by atoms with Gasteiger partial charge < -0.3 is 20.3 Å². The third-order valence-electron chi connectivity index (χ3n) is 4.63. The first-order valence-electron chi connectivity index (χ1n) is 10.5. The van der Waals surface area contributed by atoms with E-state index in [2.05, 4.69) is 5.32 Å². The summed E-state index contributed by atoms with van der Waals surface area (Å²) in [7, 11) is 0. The molecule has 0 spiro atoms. The zero-order valence-electron chi connectivity index (χ0n) is 18.0. The first-order chi connectivity index (χ1) is 15.3. The highest BCUT2D eigenvalue weighted by molar-refractivity contribution is 8.26. The SMILES string of the molecule is CCOc1cc(/C=C2\SC(=S)N(CCCCCC(=O)NCCCC(=O)O)C2=O)ccc1O. The molecule has 0 bridgehead atoms. The fourth-order valence-electron chi connectivity index (χ4n) is 3.02. The number of benzene rings is 1. The summed E-state index contributed by atoms with van der Waals surface area (Å²) in [5, 5.41) is 21.1. The van der Waals surface area contributed by atoms with Crippen molar-refractivity contribution in [3.63, 3.8) is 0 Å². The Morgan fingerprint density at radius 2 is 2.00 bits per heavy atom. The van der Waals surface area contributed by atoms with Crippen molar-refractivity contribution in [1.29, 1.82) is 0 Å². The summed E-state index contributed by atoms with van der Waals surface area (Å²) in [6.07, 6.45) is 4.74. The highest BCUT2D eigenvalue weighted by Crippen LogP contribution is 2.34. The van der Waals surface area contributed by atoms with Crippen LogP contribution in [0.3, 0.4) is 0 Å². The maximum absolute atomic E-state index is 12.7. The van der Waals surface area contributed by atoms with Crippen molar-refractivity contribution in [3.8, 4) is 11.5 Å². The summed E-state index contributed by atoms with van der Waals surface area (Å²) in [4.78, 5) is 37.0. The summed E-state index contributed by atoms with van der Waals surface area (Å²) >= 11 is 6.59. The van der Waals surface area contributed by atoms with E-state index in [1.165, 1.54) is 17.8 Å². The van der Waals surface area contributed by atoms with Crippen LogP contribution in [0.1, 0.15) is 51.0 Å². The number of carbonyl (C=O) groups excluding carboxylic acids is 2. The first-order valence-corrected chi connectivity index (χ1v) is 11.7. The van der Waals surface area contributed by atoms with E-state index in [9.17, 15) is 19.5 Å². The molecule has 8 nitrogen and oxygen atoms in total. The van der Waals surface area contributed by atoms with Crippen molar-refractivity contribution in [2.45, 2.75) is 45.4 Å². The van der Waals surface area contributed by atoms with Gasteiger partial charge >= 0.3 is 5.97 Å². The van der Waals surface area contributed by atoms with Crippen LogP contribution in [0.25, 0.3) is 6.08 Å². The van der Waals surface area contributed by atoms with Crippen LogP contribution in [0.15, 0.2) is 23.1 Å². The Kier molecular flexibility index (Phi) is 10.5. The summed E-state index contributed by atoms with van der Waals surface area (Å²) < 4.78 is 5.88. The average Bonchev–Trinajstić information content (AvgIpc) is 3.00. The number of phenolic OH excluding ortho intramolecular Hbond substituents is 1. The van der Waals surface area contributed by atoms with E-state index in [-0.39, 0.29) is 24.0 Å². The van der Waals surface area contributed by atoms with Crippen LogP contribution in [0.4, 0.5) is 0 Å². The number of nitrogens with one attached hydrogen (secondary N) is 1. The lowest BCUT2D eigenvalue weighted by molar-refractivity contribution is -0.137. The maximum Gasteiger partial charge on any atom is 0.303 e. The van der Waals surface area contributed by atoms with Gasteiger partial charge in [0.05, 0.1) is 11.5 Å². The van der Waals surface area contributed by atoms with Crippen LogP contribution >= 0.6 is 24.0 Å². The van der Waals surface area contributed by atoms with Crippen molar-refractivity contribution >= 4 is 52.2 Å². The number of ether oxygens (including phenoxy) is 1. The van der Waals surface area contributed by atoms with E-state index in [0.717, 1.165) is 18.4 Å². The van der Waals surface area contributed by atoms with Crippen LogP contribution in [0.2, 0.25) is 0 Å². The van der Waals surface area contributed by atoms with Gasteiger partial charge in [0.1, 0.15) is 4.32 Å². The zero-order chi connectivity index (χ0) is 23.5. The topological polar surface area (TPSA) is 116 Å². The van der Waals surface area contributed by atoms with E-state index in [1.807, 2.05) is 6.92 Å². The lowest BCUT2D eigenvalue weighted by Crippen LogP contribution is -2.29. The fourth-order valence-corrected chi connectivity index (χ4v) is 4.33. The van der Waals surface area contributed by atoms with Crippen LogP contribution in [-0.4, -0.2) is 56.9 Å². The molecule has 1 aromatic rings. The van der Waals surface area contributed by atoms with Crippen molar-refractivity contribution in [2.75, 3.05) is 19.7 Å². The molecule has 1 aromatic carbocycles. The van der Waals surface area contributed by atoms with E-state index < -0.39 is 5.97 Å². The molecule has 0 radical (unpaired) electrons. The van der Waals surface area contributed by atoms with E-state index >= 15 is 0 Å². The van der Waals surface area contributed by atoms with Crippen molar-refractivity contribution in [2.24, 2.45) is 0 Å². The number of aliphatic carboxylic acids is 1. The summed E-state index contributed by atoms with van der Waals surface area (Å²) in [5.41, 5.74) is 0.737. The predicted octanol–water partition coefficient (Wildman–Crippen LogP) is 3.53. The number of thioether (sulfide) groups is 1. The number of amides is 2. The second kappa shape index (κ2) is 13.1. The Balaban J connectivity index is 1.76. The number of thiocarbonyl (C=S) groups is 1. The van der Waals surface area contributed by atoms with Crippen LogP contribution in [0, 0.1) is 0 Å². The number of carbonyl (C=O) groups is 3. The normalized spacial score (nSPS) is 14.8. The number of phenols is 1. The highest BCUT2D eigenvalue weighted by Gasteiger charge is 2.31. The number of hydrogen-bond donors (Lipinski definition) is 3. The molecule has 1 fully saturated rings. The molecule has 1 aliphatic heterocycles. The molecule has 2 rings (SSSR count). The summed E-state index contributed by atoms with van der Waals surface area (Å²) in [6.45, 7) is 3.10. The van der Waals surface area contributed by atoms with Gasteiger partial charge in [-0.1, -0.05) is 36.5 Å². The number of carboxylic acid groups (broad SMARTS) is 1. The molecule has 2 amide bonds. The molecule has 0 saturated carbocycles. The molecule has 0 aliphatic carbocycles. The minimum absolute atomic E-state index is 0.0406. The fraction of sp³-hybridized carbons (Fsp3) is 0.455. The Hall–Kier alpha value is -2.59. The minimum atomic E-state index is -0.872. The Morgan fingerprint density at radius 3 is 2.72 bits per heavy atom. The van der Waals surface area contributed by atoms with Crippen molar-refractivity contribution in [3.05, 3.63) is 28.7 Å². The summed E-state index contributed by atoms with van der Waals surface area (Å²) in [6, 6.07) is 4.91. The number of hydrogen-bond acceptors (Lipinski definition) is 7. The third-order valence-corrected chi connectivity index (χ3v) is 6.01. The monoisotopic (exact) mass is 480 g/mol. The summed E-state index contributed by atoms with van der Waals surface area (Å²) in [5.74, 6) is -0.706. The second-order valence-electron chi connectivity index (χ2n) is 7.15. The van der Waals surface area contributed by atoms with Crippen LogP contribution in [0.5, 0.6) is 11.5 Å². The van der Waals surface area contributed by atoms with Gasteiger partial charge in [0.25, 0.3) is 5.91 Å². The van der Waals surface area contributed by atoms with Gasteiger partial charge in [-0.15, -0.1) is 0 Å². The van der Waals surface area contributed by atoms with Gasteiger partial charge in [0.2, 0.25) is 5.91 Å². The van der Waals surface area contributed by atoms with Crippen molar-refractivity contribution in [1.82, 2.24) is 10.2 Å². The molecule has 1 saturated heterocycles. The van der Waals surface area contributed by atoms with E-state index in [1.54, 1.807) is 23.1 Å². The van der Waals surface area contributed by atoms with Gasteiger partial charge in [-0.2, -0.15) is 0 Å². The Labute approximate surface area is 197 Å². The van der Waals surface area contributed by atoms with E-state index in [0.29, 0.717) is 53.9 Å². The number of rotatable bonds is 13. The van der Waals surface area contributed by atoms with Gasteiger partial charge in [0, 0.05) is 25.9 Å². The lowest BCUT2D eigenvalue weighted by atomic mass is 10.1. The average molecular weight is 481 g/mol. The van der Waals surface area contributed by atoms with Gasteiger partial charge in [-0.05, 0) is 50.0 Å². The number of carboxylic acids is 1. The standard InChI is InChI=1S/C22H28N2O6S2/c1-2-30-17-13-15(9-10-16(17)25)14-18-21(29)24(22(31)32-18)12-5-3-4-7-19(26)23-11-6-8-20(27)28/h9-10,13-14,25H,2-8,11-12H2,1H3,(H,23,26)(H,27,28)/b18-14-. The first kappa shape index (κ1) is 25.7. The lowest BCUT2D eigenvalue weighted by Gasteiger charge is -2.14. The molecule has 3 N–H and O–H groups in total. The van der Waals surface area contributed by atoms with E-state index in [4.69, 9.17) is 22.1 Å². The molecular formula is C22H28N2O6S2. The Morgan fingerprint density at radius 1 is 1.22 bits per heavy atom. The molecule has 174 valence electrons. The molecule has 0 atom stereocenters. The number of unbranched alkanes of at least 4 members (excludes halogenated alkanes) is 2. The van der Waals surface area contributed by atoms with Crippen LogP contribution in [-0.2, 0) is 14.4 Å². The molecule has 1 heterocycles. The molecule has 10 heteroatoms. The number of aromatic hydroxyl groups is 1. The van der Waals surface area contributed by atoms with Gasteiger partial charge in [-0.25, -0.2) is 0 Å². The Bertz CT molecular complexity index is 887.